The SMILES string of the molecule is O=C([O-])[C@@H]1COC2(CCN(C(=O)c3ccc(F)cc3)CC2)N1C(=O)c1ccccc1. The fourth-order valence-electron chi connectivity index (χ4n) is 4.10. The van der Waals surface area contributed by atoms with Crippen LogP contribution in [-0.2, 0) is 9.53 Å². The predicted octanol–water partition coefficient (Wildman–Crippen LogP) is 1.05. The first-order valence-corrected chi connectivity index (χ1v) is 9.70. The van der Waals surface area contributed by atoms with Crippen LogP contribution >= 0.6 is 0 Å². The van der Waals surface area contributed by atoms with Crippen LogP contribution in [0.15, 0.2) is 54.6 Å². The maximum absolute atomic E-state index is 13.1. The first-order chi connectivity index (χ1) is 14.4. The number of halogens is 1. The molecule has 0 N–H and O–H groups in total. The van der Waals surface area contributed by atoms with Crippen molar-refractivity contribution in [2.24, 2.45) is 0 Å². The first-order valence-electron chi connectivity index (χ1n) is 9.70. The van der Waals surface area contributed by atoms with Gasteiger partial charge in [-0.15, -0.1) is 0 Å². The molecule has 0 aliphatic carbocycles. The summed E-state index contributed by atoms with van der Waals surface area (Å²) in [7, 11) is 0. The maximum atomic E-state index is 13.1. The molecule has 0 unspecified atom stereocenters. The number of likely N-dealkylation sites (tertiary alicyclic amines) is 1. The van der Waals surface area contributed by atoms with Gasteiger partial charge in [0.05, 0.1) is 18.6 Å². The normalized spacial score (nSPS) is 20.4. The van der Waals surface area contributed by atoms with Gasteiger partial charge in [0.1, 0.15) is 11.5 Å². The number of carboxylic acid groups (broad SMARTS) is 1. The Morgan fingerprint density at radius 2 is 1.53 bits per heavy atom. The third-order valence-electron chi connectivity index (χ3n) is 5.70. The fraction of sp³-hybridized carbons (Fsp3) is 0.318. The minimum atomic E-state index is -1.37. The highest BCUT2D eigenvalue weighted by Gasteiger charge is 2.52. The number of hydrogen-bond donors (Lipinski definition) is 0. The van der Waals surface area contributed by atoms with Crippen LogP contribution in [0.1, 0.15) is 33.6 Å². The second-order valence-electron chi connectivity index (χ2n) is 7.43. The molecule has 2 aromatic carbocycles. The third-order valence-corrected chi connectivity index (χ3v) is 5.70. The lowest BCUT2D eigenvalue weighted by atomic mass is 9.96. The molecule has 2 aromatic rings. The van der Waals surface area contributed by atoms with E-state index >= 15 is 0 Å². The van der Waals surface area contributed by atoms with Crippen molar-refractivity contribution < 1.29 is 28.6 Å². The molecule has 2 heterocycles. The number of carbonyl (C=O) groups is 3. The summed E-state index contributed by atoms with van der Waals surface area (Å²) in [4.78, 5) is 40.4. The molecule has 2 aliphatic rings. The molecule has 0 bridgehead atoms. The number of rotatable bonds is 3. The Morgan fingerprint density at radius 1 is 0.933 bits per heavy atom. The molecule has 0 aromatic heterocycles. The summed E-state index contributed by atoms with van der Waals surface area (Å²) < 4.78 is 19.0. The van der Waals surface area contributed by atoms with E-state index in [1.54, 1.807) is 35.2 Å². The average Bonchev–Trinajstić information content (AvgIpc) is 3.13. The number of ether oxygens (including phenoxy) is 1. The molecule has 156 valence electrons. The highest BCUT2D eigenvalue weighted by Crippen LogP contribution is 2.38. The summed E-state index contributed by atoms with van der Waals surface area (Å²) in [6.07, 6.45) is 0.532. The Morgan fingerprint density at radius 3 is 2.13 bits per heavy atom. The fourth-order valence-corrected chi connectivity index (χ4v) is 4.10. The molecule has 30 heavy (non-hydrogen) atoms. The summed E-state index contributed by atoms with van der Waals surface area (Å²) in [6.45, 7) is 0.385. The molecular weight excluding hydrogens is 391 g/mol. The Hall–Kier alpha value is -3.26. The second-order valence-corrected chi connectivity index (χ2v) is 7.43. The standard InChI is InChI=1S/C22H21FN2O5/c23-17-8-6-16(7-9-17)19(26)24-12-10-22(11-13-24)25(18(14-30-22)21(28)29)20(27)15-4-2-1-3-5-15/h1-9,18H,10-14H2,(H,28,29)/p-1/t18-/m0/s1. The lowest BCUT2D eigenvalue weighted by Crippen LogP contribution is -2.60. The molecule has 1 spiro atoms. The molecule has 2 aliphatic heterocycles. The van der Waals surface area contributed by atoms with Crippen molar-refractivity contribution in [3.05, 3.63) is 71.5 Å². The number of nitrogens with zero attached hydrogens (tertiary/aromatic N) is 2. The van der Waals surface area contributed by atoms with Gasteiger partial charge in [-0.05, 0) is 36.4 Å². The smallest absolute Gasteiger partial charge is 0.256 e. The summed E-state index contributed by atoms with van der Waals surface area (Å²) in [5.41, 5.74) is -0.389. The summed E-state index contributed by atoms with van der Waals surface area (Å²) in [5, 5.41) is 11.7. The number of carbonyl (C=O) groups excluding carboxylic acids is 3. The Balaban J connectivity index is 1.54. The van der Waals surface area contributed by atoms with Crippen molar-refractivity contribution in [3.8, 4) is 0 Å². The molecule has 7 nitrogen and oxygen atoms in total. The number of hydrogen-bond acceptors (Lipinski definition) is 5. The Labute approximate surface area is 172 Å². The topological polar surface area (TPSA) is 90.0 Å². The van der Waals surface area contributed by atoms with Crippen LogP contribution in [0.3, 0.4) is 0 Å². The van der Waals surface area contributed by atoms with E-state index in [1.165, 1.54) is 29.2 Å². The van der Waals surface area contributed by atoms with Crippen molar-refractivity contribution in [1.29, 1.82) is 0 Å². The maximum Gasteiger partial charge on any atom is 0.256 e. The molecule has 4 rings (SSSR count). The van der Waals surface area contributed by atoms with Crippen LogP contribution in [-0.4, -0.2) is 59.0 Å². The van der Waals surface area contributed by atoms with Crippen molar-refractivity contribution in [3.63, 3.8) is 0 Å². The summed E-state index contributed by atoms with van der Waals surface area (Å²) in [6, 6.07) is 12.5. The van der Waals surface area contributed by atoms with E-state index in [2.05, 4.69) is 0 Å². The number of amides is 2. The van der Waals surface area contributed by atoms with E-state index < -0.39 is 29.5 Å². The highest BCUT2D eigenvalue weighted by molar-refractivity contribution is 5.97. The van der Waals surface area contributed by atoms with Crippen LogP contribution in [0.5, 0.6) is 0 Å². The summed E-state index contributed by atoms with van der Waals surface area (Å²) in [5.74, 6) is -2.49. The average molecular weight is 411 g/mol. The van der Waals surface area contributed by atoms with Gasteiger partial charge in [0.15, 0.2) is 0 Å². The minimum absolute atomic E-state index is 0.160. The molecule has 8 heteroatoms. The highest BCUT2D eigenvalue weighted by atomic mass is 19.1. The van der Waals surface area contributed by atoms with E-state index in [1.807, 2.05) is 0 Å². The molecule has 2 amide bonds. The zero-order valence-corrected chi connectivity index (χ0v) is 16.1. The van der Waals surface area contributed by atoms with Crippen molar-refractivity contribution >= 4 is 17.8 Å². The van der Waals surface area contributed by atoms with E-state index in [4.69, 9.17) is 4.74 Å². The third kappa shape index (κ3) is 3.54. The lowest BCUT2D eigenvalue weighted by molar-refractivity contribution is -0.310. The molecule has 0 saturated carbocycles. The largest absolute Gasteiger partial charge is 0.548 e. The van der Waals surface area contributed by atoms with Gasteiger partial charge in [-0.3, -0.25) is 14.5 Å². The van der Waals surface area contributed by atoms with E-state index in [-0.39, 0.29) is 38.4 Å². The Kier molecular flexibility index (Phi) is 5.26. The first kappa shape index (κ1) is 20.0. The molecule has 0 radical (unpaired) electrons. The van der Waals surface area contributed by atoms with Gasteiger partial charge < -0.3 is 19.5 Å². The van der Waals surface area contributed by atoms with Crippen LogP contribution in [0, 0.1) is 5.82 Å². The van der Waals surface area contributed by atoms with Gasteiger partial charge in [0.25, 0.3) is 11.8 Å². The van der Waals surface area contributed by atoms with Crippen LogP contribution in [0.2, 0.25) is 0 Å². The second kappa shape index (κ2) is 7.87. The molecule has 2 saturated heterocycles. The molecule has 2 fully saturated rings. The number of aliphatic carboxylic acids is 1. The van der Waals surface area contributed by atoms with Gasteiger partial charge >= 0.3 is 0 Å². The zero-order valence-electron chi connectivity index (χ0n) is 16.1. The van der Waals surface area contributed by atoms with Gasteiger partial charge in [-0.25, -0.2) is 4.39 Å². The monoisotopic (exact) mass is 411 g/mol. The van der Waals surface area contributed by atoms with Crippen molar-refractivity contribution in [1.82, 2.24) is 9.80 Å². The van der Waals surface area contributed by atoms with Crippen molar-refractivity contribution in [2.75, 3.05) is 19.7 Å². The van der Waals surface area contributed by atoms with Crippen LogP contribution in [0.4, 0.5) is 4.39 Å². The van der Waals surface area contributed by atoms with Gasteiger partial charge in [0, 0.05) is 37.1 Å². The van der Waals surface area contributed by atoms with E-state index in [9.17, 15) is 23.9 Å². The van der Waals surface area contributed by atoms with Gasteiger partial charge in [-0.1, -0.05) is 18.2 Å². The summed E-state index contributed by atoms with van der Waals surface area (Å²) >= 11 is 0. The quantitative estimate of drug-likeness (QED) is 0.753. The number of carboxylic acids is 1. The minimum Gasteiger partial charge on any atom is -0.548 e. The van der Waals surface area contributed by atoms with Gasteiger partial charge in [0.2, 0.25) is 0 Å². The Bertz CT molecular complexity index is 955. The zero-order chi connectivity index (χ0) is 21.3. The molecular formula is C22H20FN2O5-. The lowest BCUT2D eigenvalue weighted by Gasteiger charge is -2.45. The van der Waals surface area contributed by atoms with E-state index in [0.29, 0.717) is 11.1 Å². The number of piperidine rings is 1. The van der Waals surface area contributed by atoms with E-state index in [0.717, 1.165) is 0 Å². The van der Waals surface area contributed by atoms with Crippen molar-refractivity contribution in [2.45, 2.75) is 24.6 Å². The van der Waals surface area contributed by atoms with Crippen LogP contribution in [0.25, 0.3) is 0 Å². The van der Waals surface area contributed by atoms with Gasteiger partial charge in [-0.2, -0.15) is 0 Å². The van der Waals surface area contributed by atoms with Crippen LogP contribution < -0.4 is 5.11 Å². The number of benzene rings is 2. The molecule has 1 atom stereocenters. The predicted molar refractivity (Wildman–Crippen MR) is 102 cm³/mol.